The van der Waals surface area contributed by atoms with Crippen LogP contribution in [0.2, 0.25) is 0 Å². The highest BCUT2D eigenvalue weighted by molar-refractivity contribution is 7.99. The molecule has 0 N–H and O–H groups in total. The summed E-state index contributed by atoms with van der Waals surface area (Å²) in [7, 11) is 0. The molecule has 12 aromatic rings. The summed E-state index contributed by atoms with van der Waals surface area (Å²) in [6.45, 7) is 0. The Balaban J connectivity index is 1.07. The van der Waals surface area contributed by atoms with E-state index in [9.17, 15) is 0 Å². The van der Waals surface area contributed by atoms with Crippen molar-refractivity contribution in [3.05, 3.63) is 164 Å². The topological polar surface area (TPSA) is 30.2 Å². The number of imidazole rings is 1. The number of pyridine rings is 2. The molecule has 1 aliphatic heterocycles. The molecule has 13 rings (SSSR count). The van der Waals surface area contributed by atoms with E-state index in [-0.39, 0.29) is 0 Å². The zero-order valence-electron chi connectivity index (χ0n) is 29.2. The van der Waals surface area contributed by atoms with Gasteiger partial charge in [0.2, 0.25) is 0 Å². The van der Waals surface area contributed by atoms with Crippen molar-refractivity contribution in [2.75, 3.05) is 0 Å². The number of benzene rings is 8. The van der Waals surface area contributed by atoms with Crippen molar-refractivity contribution >= 4 is 103 Å². The molecular formula is C50H27N3S2. The van der Waals surface area contributed by atoms with Crippen molar-refractivity contribution in [1.29, 1.82) is 0 Å². The van der Waals surface area contributed by atoms with E-state index in [1.54, 1.807) is 0 Å². The Kier molecular flexibility index (Phi) is 5.98. The molecule has 4 aromatic heterocycles. The van der Waals surface area contributed by atoms with Crippen LogP contribution in [0.4, 0.5) is 0 Å². The van der Waals surface area contributed by atoms with Gasteiger partial charge in [-0.3, -0.25) is 9.38 Å². The van der Waals surface area contributed by atoms with E-state index < -0.39 is 0 Å². The van der Waals surface area contributed by atoms with Gasteiger partial charge < -0.3 is 0 Å². The van der Waals surface area contributed by atoms with Gasteiger partial charge in [-0.05, 0) is 91.6 Å². The average molecular weight is 734 g/mol. The van der Waals surface area contributed by atoms with Crippen LogP contribution in [0.5, 0.6) is 0 Å². The first-order chi connectivity index (χ1) is 27.2. The van der Waals surface area contributed by atoms with Gasteiger partial charge in [0.15, 0.2) is 5.65 Å². The summed E-state index contributed by atoms with van der Waals surface area (Å²) >= 11 is 3.70. The molecule has 8 aromatic carbocycles. The summed E-state index contributed by atoms with van der Waals surface area (Å²) in [5, 5.41) is 12.4. The second kappa shape index (κ2) is 11.0. The molecule has 254 valence electrons. The summed E-state index contributed by atoms with van der Waals surface area (Å²) in [5.74, 6) is 0. The number of nitrogens with zero attached hydrogens (tertiary/aromatic N) is 3. The number of thiophene rings is 1. The predicted octanol–water partition coefficient (Wildman–Crippen LogP) is 14.3. The summed E-state index contributed by atoms with van der Waals surface area (Å²) in [6.07, 6.45) is 4.06. The molecule has 5 heterocycles. The lowest BCUT2D eigenvalue weighted by Crippen LogP contribution is -1.95. The third-order valence-electron chi connectivity index (χ3n) is 11.6. The molecule has 0 saturated carbocycles. The van der Waals surface area contributed by atoms with Gasteiger partial charge in [0.1, 0.15) is 0 Å². The minimum Gasteiger partial charge on any atom is -0.291 e. The molecule has 0 amide bonds. The summed E-state index contributed by atoms with van der Waals surface area (Å²) in [6, 6.07) is 55.8. The van der Waals surface area contributed by atoms with Crippen molar-refractivity contribution in [2.24, 2.45) is 0 Å². The second-order valence-corrected chi connectivity index (χ2v) is 16.7. The first-order valence-electron chi connectivity index (χ1n) is 18.5. The molecule has 3 nitrogen and oxygen atoms in total. The van der Waals surface area contributed by atoms with Gasteiger partial charge in [-0.2, -0.15) is 0 Å². The highest BCUT2D eigenvalue weighted by Gasteiger charge is 2.23. The van der Waals surface area contributed by atoms with E-state index in [0.717, 1.165) is 27.9 Å². The highest BCUT2D eigenvalue weighted by atomic mass is 32.2. The van der Waals surface area contributed by atoms with Crippen LogP contribution >= 0.6 is 23.1 Å². The van der Waals surface area contributed by atoms with Crippen molar-refractivity contribution in [3.63, 3.8) is 0 Å². The fraction of sp³-hybridized carbons (Fsp3) is 0. The van der Waals surface area contributed by atoms with Gasteiger partial charge >= 0.3 is 0 Å². The van der Waals surface area contributed by atoms with Crippen LogP contribution in [0.25, 0.3) is 113 Å². The van der Waals surface area contributed by atoms with E-state index in [4.69, 9.17) is 9.97 Å². The van der Waals surface area contributed by atoms with E-state index in [1.165, 1.54) is 95.3 Å². The summed E-state index contributed by atoms with van der Waals surface area (Å²) < 4.78 is 4.90. The lowest BCUT2D eigenvalue weighted by Gasteiger charge is -2.21. The van der Waals surface area contributed by atoms with Crippen molar-refractivity contribution < 1.29 is 0 Å². The maximum absolute atomic E-state index is 5.55. The predicted molar refractivity (Wildman–Crippen MR) is 234 cm³/mol. The highest BCUT2D eigenvalue weighted by Crippen LogP contribution is 2.50. The first kappa shape index (κ1) is 29.9. The standard InChI is InChI=1S/C50H27N3S2/c1-2-9-32-24-37-33(23-31(32)8-1)17-20-41-48(37)52-50-49-38(46-35-10-4-3-7-28(35)18-21-45(46)55-49)25-42(53(41)50)30-15-13-29(14-16-30)34-19-22-44-47-39(34)26-51-27-40(47)36-11-5-6-12-43(36)54-44/h1-27H. The van der Waals surface area contributed by atoms with E-state index in [0.29, 0.717) is 0 Å². The quantitative estimate of drug-likeness (QED) is 0.166. The van der Waals surface area contributed by atoms with Gasteiger partial charge in [-0.25, -0.2) is 4.98 Å². The van der Waals surface area contributed by atoms with Crippen molar-refractivity contribution in [3.8, 4) is 33.5 Å². The number of hydrogen-bond acceptors (Lipinski definition) is 4. The number of aromatic nitrogens is 3. The van der Waals surface area contributed by atoms with Gasteiger partial charge in [0, 0.05) is 59.4 Å². The Morgan fingerprint density at radius 3 is 2.16 bits per heavy atom. The van der Waals surface area contributed by atoms with Crippen LogP contribution in [-0.4, -0.2) is 14.4 Å². The van der Waals surface area contributed by atoms with Gasteiger partial charge in [-0.1, -0.05) is 121 Å². The number of fused-ring (bicyclic) bond motifs is 14. The summed E-state index contributed by atoms with van der Waals surface area (Å²) in [4.78, 5) is 12.9. The minimum atomic E-state index is 1.00. The van der Waals surface area contributed by atoms with Crippen LogP contribution in [-0.2, 0) is 0 Å². The molecule has 1 aliphatic rings. The maximum atomic E-state index is 5.55. The largest absolute Gasteiger partial charge is 0.291 e. The molecular weight excluding hydrogens is 707 g/mol. The molecule has 0 atom stereocenters. The molecule has 55 heavy (non-hydrogen) atoms. The van der Waals surface area contributed by atoms with Crippen molar-refractivity contribution in [1.82, 2.24) is 14.4 Å². The molecule has 5 heteroatoms. The monoisotopic (exact) mass is 733 g/mol. The third-order valence-corrected chi connectivity index (χ3v) is 13.9. The Hall–Kier alpha value is -6.53. The van der Waals surface area contributed by atoms with E-state index >= 15 is 0 Å². The van der Waals surface area contributed by atoms with Gasteiger partial charge in [0.05, 0.1) is 21.4 Å². The molecule has 0 bridgehead atoms. The fourth-order valence-corrected chi connectivity index (χ4v) is 11.4. The Labute approximate surface area is 323 Å². The maximum Gasteiger partial charge on any atom is 0.156 e. The zero-order valence-corrected chi connectivity index (χ0v) is 30.9. The SMILES string of the molecule is c1ccc2c(c1)Sc1ccc(-c3ccc(-c4cc5c(sc6ccc7ccccc7c65)c5nc6c7cc8ccccc8cc7ccc6n45)cc3)c3cncc-2c13. The zero-order chi connectivity index (χ0) is 35.8. The van der Waals surface area contributed by atoms with Crippen LogP contribution in [0, 0.1) is 0 Å². The lowest BCUT2D eigenvalue weighted by atomic mass is 9.94. The van der Waals surface area contributed by atoms with E-state index in [2.05, 4.69) is 156 Å². The van der Waals surface area contributed by atoms with Crippen LogP contribution < -0.4 is 0 Å². The summed E-state index contributed by atoms with van der Waals surface area (Å²) in [5.41, 5.74) is 10.3. The van der Waals surface area contributed by atoms with Crippen LogP contribution in [0.15, 0.2) is 174 Å². The van der Waals surface area contributed by atoms with Crippen LogP contribution in [0.1, 0.15) is 0 Å². The van der Waals surface area contributed by atoms with Gasteiger partial charge in [0.25, 0.3) is 0 Å². The molecule has 0 saturated heterocycles. The number of hydrogen-bond donors (Lipinski definition) is 0. The third kappa shape index (κ3) is 4.17. The first-order valence-corrected chi connectivity index (χ1v) is 20.2. The molecule has 0 radical (unpaired) electrons. The normalized spacial score (nSPS) is 12.7. The Morgan fingerprint density at radius 1 is 0.473 bits per heavy atom. The fourth-order valence-electron chi connectivity index (χ4n) is 9.08. The second-order valence-electron chi connectivity index (χ2n) is 14.6. The smallest absolute Gasteiger partial charge is 0.156 e. The average Bonchev–Trinajstić information content (AvgIpc) is 3.83. The van der Waals surface area contributed by atoms with Gasteiger partial charge in [-0.15, -0.1) is 11.3 Å². The molecule has 0 fully saturated rings. The Bertz CT molecular complexity index is 3630. The molecule has 0 spiro atoms. The van der Waals surface area contributed by atoms with Crippen LogP contribution in [0.3, 0.4) is 0 Å². The van der Waals surface area contributed by atoms with E-state index in [1.807, 2.05) is 35.5 Å². The Morgan fingerprint density at radius 2 is 1.25 bits per heavy atom. The molecule has 0 aliphatic carbocycles. The minimum absolute atomic E-state index is 1.00. The lowest BCUT2D eigenvalue weighted by molar-refractivity contribution is 1.25. The van der Waals surface area contributed by atoms with Crippen molar-refractivity contribution in [2.45, 2.75) is 9.79 Å². The number of rotatable bonds is 2. The molecule has 0 unspecified atom stereocenters.